The highest BCUT2D eigenvalue weighted by Crippen LogP contribution is 2.23. The Kier molecular flexibility index (Phi) is 6.86. The highest BCUT2D eigenvalue weighted by molar-refractivity contribution is 5.94. The molecular formula is C22H29FN4O2. The summed E-state index contributed by atoms with van der Waals surface area (Å²) in [4.78, 5) is 31.3. The van der Waals surface area contributed by atoms with E-state index >= 15 is 0 Å². The third-order valence-electron chi connectivity index (χ3n) is 6.01. The average molecular weight is 400 g/mol. The number of rotatable bonds is 4. The standard InChI is InChI=1S/C22H29FN4O2/c1-16(2)20(15-24)25-11-13-27(14-12-25)22(29)18-7-9-26(10-8-18)21(28)17-3-5-19(23)6-4-17/h3-6,16,18,20H,7-14H2,1-2H3. The summed E-state index contributed by atoms with van der Waals surface area (Å²) in [6, 6.07) is 7.85. The van der Waals surface area contributed by atoms with Crippen LogP contribution in [-0.2, 0) is 4.79 Å². The summed E-state index contributed by atoms with van der Waals surface area (Å²) >= 11 is 0. The number of nitrogens with zero attached hydrogens (tertiary/aromatic N) is 4. The third kappa shape index (κ3) is 4.94. The Balaban J connectivity index is 1.49. The molecule has 156 valence electrons. The molecule has 6 nitrogen and oxygen atoms in total. The van der Waals surface area contributed by atoms with Gasteiger partial charge in [-0.2, -0.15) is 5.26 Å². The van der Waals surface area contributed by atoms with Gasteiger partial charge in [-0.25, -0.2) is 4.39 Å². The van der Waals surface area contributed by atoms with Crippen molar-refractivity contribution in [2.45, 2.75) is 32.7 Å². The number of hydrogen-bond acceptors (Lipinski definition) is 4. The van der Waals surface area contributed by atoms with E-state index in [1.54, 1.807) is 4.90 Å². The summed E-state index contributed by atoms with van der Waals surface area (Å²) in [7, 11) is 0. The monoisotopic (exact) mass is 400 g/mol. The van der Waals surface area contributed by atoms with Crippen LogP contribution in [0, 0.1) is 29.0 Å². The first kappa shape index (κ1) is 21.3. The van der Waals surface area contributed by atoms with Gasteiger partial charge in [-0.15, -0.1) is 0 Å². The van der Waals surface area contributed by atoms with Crippen molar-refractivity contribution in [3.05, 3.63) is 35.6 Å². The maximum Gasteiger partial charge on any atom is 0.253 e. The van der Waals surface area contributed by atoms with Crippen molar-refractivity contribution >= 4 is 11.8 Å². The molecule has 1 unspecified atom stereocenters. The van der Waals surface area contributed by atoms with Gasteiger partial charge in [0.2, 0.25) is 5.91 Å². The first-order valence-electron chi connectivity index (χ1n) is 10.4. The maximum absolute atomic E-state index is 13.1. The van der Waals surface area contributed by atoms with Gasteiger partial charge in [0.05, 0.1) is 6.07 Å². The zero-order valence-electron chi connectivity index (χ0n) is 17.2. The minimum atomic E-state index is -0.361. The van der Waals surface area contributed by atoms with E-state index in [9.17, 15) is 19.2 Å². The number of piperidine rings is 1. The Morgan fingerprint density at radius 1 is 1.00 bits per heavy atom. The van der Waals surface area contributed by atoms with E-state index in [0.717, 1.165) is 13.1 Å². The van der Waals surface area contributed by atoms with Crippen LogP contribution in [0.2, 0.25) is 0 Å². The summed E-state index contributed by atoms with van der Waals surface area (Å²) in [6.07, 6.45) is 1.30. The minimum absolute atomic E-state index is 0.0596. The van der Waals surface area contributed by atoms with E-state index in [4.69, 9.17) is 0 Å². The molecule has 2 fully saturated rings. The predicted octanol–water partition coefficient (Wildman–Crippen LogP) is 2.37. The van der Waals surface area contributed by atoms with Crippen LogP contribution in [0.5, 0.6) is 0 Å². The van der Waals surface area contributed by atoms with Crippen molar-refractivity contribution in [2.24, 2.45) is 11.8 Å². The number of hydrogen-bond donors (Lipinski definition) is 0. The molecular weight excluding hydrogens is 371 g/mol. The minimum Gasteiger partial charge on any atom is -0.340 e. The van der Waals surface area contributed by atoms with Gasteiger partial charge in [-0.05, 0) is 43.0 Å². The Labute approximate surface area is 171 Å². The smallest absolute Gasteiger partial charge is 0.253 e. The lowest BCUT2D eigenvalue weighted by atomic mass is 9.94. The summed E-state index contributed by atoms with van der Waals surface area (Å²) < 4.78 is 13.1. The van der Waals surface area contributed by atoms with E-state index in [2.05, 4.69) is 11.0 Å². The Bertz CT molecular complexity index is 758. The predicted molar refractivity (Wildman–Crippen MR) is 107 cm³/mol. The molecule has 0 bridgehead atoms. The highest BCUT2D eigenvalue weighted by atomic mass is 19.1. The first-order valence-corrected chi connectivity index (χ1v) is 10.4. The van der Waals surface area contributed by atoms with Crippen LogP contribution in [0.4, 0.5) is 4.39 Å². The van der Waals surface area contributed by atoms with Crippen molar-refractivity contribution in [3.8, 4) is 6.07 Å². The fourth-order valence-electron chi connectivity index (χ4n) is 4.24. The maximum atomic E-state index is 13.1. The highest BCUT2D eigenvalue weighted by Gasteiger charge is 2.33. The molecule has 2 heterocycles. The van der Waals surface area contributed by atoms with Crippen molar-refractivity contribution in [3.63, 3.8) is 0 Å². The van der Waals surface area contributed by atoms with Crippen molar-refractivity contribution < 1.29 is 14.0 Å². The molecule has 0 aliphatic carbocycles. The lowest BCUT2D eigenvalue weighted by Gasteiger charge is -2.40. The van der Waals surface area contributed by atoms with Crippen molar-refractivity contribution in [1.82, 2.24) is 14.7 Å². The van der Waals surface area contributed by atoms with E-state index < -0.39 is 0 Å². The molecule has 1 atom stereocenters. The Morgan fingerprint density at radius 2 is 1.59 bits per heavy atom. The molecule has 0 aromatic heterocycles. The van der Waals surface area contributed by atoms with Crippen LogP contribution in [0.15, 0.2) is 24.3 Å². The summed E-state index contributed by atoms with van der Waals surface area (Å²) in [5.41, 5.74) is 0.476. The molecule has 1 aromatic rings. The summed E-state index contributed by atoms with van der Waals surface area (Å²) in [5.74, 6) is -0.0985. The van der Waals surface area contributed by atoms with Crippen LogP contribution in [0.1, 0.15) is 37.0 Å². The zero-order valence-corrected chi connectivity index (χ0v) is 17.2. The van der Waals surface area contributed by atoms with Gasteiger partial charge in [-0.1, -0.05) is 13.8 Å². The molecule has 0 radical (unpaired) electrons. The molecule has 2 saturated heterocycles. The van der Waals surface area contributed by atoms with Gasteiger partial charge in [-0.3, -0.25) is 14.5 Å². The lowest BCUT2D eigenvalue weighted by Crippen LogP contribution is -2.54. The van der Waals surface area contributed by atoms with Crippen molar-refractivity contribution in [2.75, 3.05) is 39.3 Å². The molecule has 0 saturated carbocycles. The van der Waals surface area contributed by atoms with Gasteiger partial charge >= 0.3 is 0 Å². The topological polar surface area (TPSA) is 67.7 Å². The van der Waals surface area contributed by atoms with Crippen LogP contribution >= 0.6 is 0 Å². The Hall–Kier alpha value is -2.46. The average Bonchev–Trinajstić information content (AvgIpc) is 2.74. The van der Waals surface area contributed by atoms with E-state index in [1.807, 2.05) is 18.7 Å². The van der Waals surface area contributed by atoms with Crippen LogP contribution in [0.3, 0.4) is 0 Å². The van der Waals surface area contributed by atoms with Gasteiger partial charge in [0.25, 0.3) is 5.91 Å². The van der Waals surface area contributed by atoms with Crippen LogP contribution in [0.25, 0.3) is 0 Å². The second kappa shape index (κ2) is 9.36. The fourth-order valence-corrected chi connectivity index (χ4v) is 4.24. The van der Waals surface area contributed by atoms with Crippen LogP contribution in [-0.4, -0.2) is 71.8 Å². The number of halogens is 1. The number of likely N-dealkylation sites (tertiary alicyclic amines) is 1. The Morgan fingerprint density at radius 3 is 2.10 bits per heavy atom. The van der Waals surface area contributed by atoms with Gasteiger partial charge in [0.15, 0.2) is 0 Å². The van der Waals surface area contributed by atoms with E-state index in [0.29, 0.717) is 44.6 Å². The summed E-state index contributed by atoms with van der Waals surface area (Å²) in [6.45, 7) is 7.93. The molecule has 0 spiro atoms. The van der Waals surface area contributed by atoms with Gasteiger partial charge in [0.1, 0.15) is 11.9 Å². The largest absolute Gasteiger partial charge is 0.340 e. The number of amides is 2. The number of carbonyl (C=O) groups is 2. The lowest BCUT2D eigenvalue weighted by molar-refractivity contribution is -0.139. The second-order valence-corrected chi connectivity index (χ2v) is 8.25. The second-order valence-electron chi connectivity index (χ2n) is 8.25. The number of piperazine rings is 1. The normalized spacial score (nSPS) is 19.8. The number of benzene rings is 1. The molecule has 2 aliphatic rings. The first-order chi connectivity index (χ1) is 13.9. The van der Waals surface area contributed by atoms with Gasteiger partial charge in [0, 0.05) is 50.7 Å². The number of carbonyl (C=O) groups excluding carboxylic acids is 2. The SMILES string of the molecule is CC(C)C(C#N)N1CCN(C(=O)C2CCN(C(=O)c3ccc(F)cc3)CC2)CC1. The molecule has 2 aliphatic heterocycles. The third-order valence-corrected chi connectivity index (χ3v) is 6.01. The summed E-state index contributed by atoms with van der Waals surface area (Å²) in [5, 5.41) is 9.37. The fraction of sp³-hybridized carbons (Fsp3) is 0.591. The van der Waals surface area contributed by atoms with Gasteiger partial charge < -0.3 is 9.80 Å². The van der Waals surface area contributed by atoms with Crippen molar-refractivity contribution in [1.29, 1.82) is 5.26 Å². The van der Waals surface area contributed by atoms with E-state index in [-0.39, 0.29) is 35.5 Å². The molecule has 0 N–H and O–H groups in total. The zero-order chi connectivity index (χ0) is 21.0. The number of nitriles is 1. The van der Waals surface area contributed by atoms with Crippen LogP contribution < -0.4 is 0 Å². The molecule has 1 aromatic carbocycles. The molecule has 3 rings (SSSR count). The molecule has 2 amide bonds. The van der Waals surface area contributed by atoms with E-state index in [1.165, 1.54) is 24.3 Å². The molecule has 7 heteroatoms. The molecule has 29 heavy (non-hydrogen) atoms. The quantitative estimate of drug-likeness (QED) is 0.778.